The topological polar surface area (TPSA) is 101 Å². The van der Waals surface area contributed by atoms with Gasteiger partial charge in [0.2, 0.25) is 11.8 Å². The molecule has 2 aromatic carbocycles. The smallest absolute Gasteiger partial charge is 0.270 e. The van der Waals surface area contributed by atoms with Gasteiger partial charge in [-0.3, -0.25) is 29.4 Å². The number of carbonyl (C=O) groups excluding carboxylic acids is 3. The van der Waals surface area contributed by atoms with E-state index in [-0.39, 0.29) is 28.8 Å². The number of amides is 2. The van der Waals surface area contributed by atoms with Crippen LogP contribution in [0.3, 0.4) is 0 Å². The van der Waals surface area contributed by atoms with E-state index in [1.54, 1.807) is 0 Å². The van der Waals surface area contributed by atoms with Gasteiger partial charge in [0.25, 0.3) is 5.69 Å². The maximum absolute atomic E-state index is 13.8. The molecule has 2 saturated heterocycles. The number of non-ortho nitro benzene ring substituents is 1. The Kier molecular flexibility index (Phi) is 5.08. The van der Waals surface area contributed by atoms with Crippen molar-refractivity contribution in [1.82, 2.24) is 4.90 Å². The molecule has 0 aromatic heterocycles. The number of nitrogens with zero attached hydrogens (tertiary/aromatic N) is 3. The van der Waals surface area contributed by atoms with E-state index in [0.717, 1.165) is 17.7 Å². The average Bonchev–Trinajstić information content (AvgIpc) is 3.30. The molecule has 3 aliphatic rings. The normalized spacial score (nSPS) is 25.1. The van der Waals surface area contributed by atoms with Crippen LogP contribution in [0.5, 0.6) is 0 Å². The number of hydrogen-bond donors (Lipinski definition) is 0. The fraction of sp³-hybridized carbons (Fsp3) is 0.320. The molecule has 0 radical (unpaired) electrons. The van der Waals surface area contributed by atoms with Crippen molar-refractivity contribution >= 4 is 35.0 Å². The van der Waals surface area contributed by atoms with E-state index >= 15 is 0 Å². The highest BCUT2D eigenvalue weighted by Gasteiger charge is 2.63. The Morgan fingerprint density at radius 2 is 1.82 bits per heavy atom. The molecule has 0 bridgehead atoms. The lowest BCUT2D eigenvalue weighted by Crippen LogP contribution is -2.48. The van der Waals surface area contributed by atoms with Gasteiger partial charge in [0.05, 0.1) is 22.8 Å². The lowest BCUT2D eigenvalue weighted by Gasteiger charge is -2.36. The summed E-state index contributed by atoms with van der Waals surface area (Å²) in [4.78, 5) is 54.6. The summed E-state index contributed by atoms with van der Waals surface area (Å²) in [5.41, 5.74) is 1.65. The molecule has 0 aliphatic carbocycles. The highest BCUT2D eigenvalue weighted by atomic mass is 16.6. The Balaban J connectivity index is 1.62. The van der Waals surface area contributed by atoms with Crippen LogP contribution in [0.4, 0.5) is 11.4 Å². The first-order chi connectivity index (χ1) is 15.9. The first-order valence-electron chi connectivity index (χ1n) is 11.1. The second-order valence-electron chi connectivity index (χ2n) is 8.67. The molecule has 4 atom stereocenters. The molecule has 0 spiro atoms. The van der Waals surface area contributed by atoms with E-state index in [1.165, 1.54) is 29.2 Å². The number of rotatable bonds is 6. The van der Waals surface area contributed by atoms with Gasteiger partial charge in [-0.1, -0.05) is 55.8 Å². The number of unbranched alkanes of at least 4 members (excludes halogenated alkanes) is 1. The van der Waals surface area contributed by atoms with Crippen LogP contribution < -0.4 is 4.90 Å². The van der Waals surface area contributed by atoms with Crippen molar-refractivity contribution in [3.05, 3.63) is 75.8 Å². The largest absolute Gasteiger partial charge is 0.352 e. The molecule has 8 heteroatoms. The zero-order valence-electron chi connectivity index (χ0n) is 18.1. The maximum Gasteiger partial charge on any atom is 0.270 e. The monoisotopic (exact) mass is 445 g/mol. The molecule has 3 heterocycles. The summed E-state index contributed by atoms with van der Waals surface area (Å²) in [7, 11) is 0. The Hall–Kier alpha value is -3.81. The molecular formula is C25H23N3O5. The summed E-state index contributed by atoms with van der Waals surface area (Å²) in [5, 5.41) is 11.3. The molecule has 168 valence electrons. The molecule has 2 amide bonds. The quantitative estimate of drug-likeness (QED) is 0.292. The van der Waals surface area contributed by atoms with Crippen molar-refractivity contribution < 1.29 is 19.3 Å². The van der Waals surface area contributed by atoms with Gasteiger partial charge in [0.1, 0.15) is 6.04 Å². The zero-order chi connectivity index (χ0) is 23.3. The summed E-state index contributed by atoms with van der Waals surface area (Å²) in [6.45, 7) is 2.33. The number of fused-ring (bicyclic) bond motifs is 5. The summed E-state index contributed by atoms with van der Waals surface area (Å²) in [6.07, 6.45) is 5.37. The molecular weight excluding hydrogens is 422 g/mol. The summed E-state index contributed by atoms with van der Waals surface area (Å²) >= 11 is 0. The van der Waals surface area contributed by atoms with Crippen LogP contribution in [-0.4, -0.2) is 46.0 Å². The van der Waals surface area contributed by atoms with Crippen LogP contribution in [0.15, 0.2) is 54.6 Å². The second kappa shape index (κ2) is 7.95. The van der Waals surface area contributed by atoms with Crippen molar-refractivity contribution in [1.29, 1.82) is 0 Å². The minimum Gasteiger partial charge on any atom is -0.352 e. The number of nitro groups is 1. The molecule has 2 fully saturated rings. The van der Waals surface area contributed by atoms with Crippen LogP contribution in [0.2, 0.25) is 0 Å². The van der Waals surface area contributed by atoms with E-state index in [0.29, 0.717) is 13.0 Å². The lowest BCUT2D eigenvalue weighted by molar-refractivity contribution is -0.384. The van der Waals surface area contributed by atoms with Gasteiger partial charge in [0.15, 0.2) is 5.78 Å². The number of hydrogen-bond acceptors (Lipinski definition) is 6. The van der Waals surface area contributed by atoms with Crippen molar-refractivity contribution in [3.8, 4) is 0 Å². The van der Waals surface area contributed by atoms with E-state index in [2.05, 4.69) is 0 Å². The fourth-order valence-corrected chi connectivity index (χ4v) is 5.36. The van der Waals surface area contributed by atoms with Crippen molar-refractivity contribution in [2.75, 3.05) is 11.4 Å². The van der Waals surface area contributed by atoms with Gasteiger partial charge in [-0.15, -0.1) is 0 Å². The van der Waals surface area contributed by atoms with Crippen LogP contribution in [0.1, 0.15) is 35.7 Å². The van der Waals surface area contributed by atoms with Crippen molar-refractivity contribution in [2.24, 2.45) is 11.8 Å². The molecule has 2 aromatic rings. The Morgan fingerprint density at radius 3 is 2.58 bits per heavy atom. The average molecular weight is 445 g/mol. The third-order valence-corrected chi connectivity index (χ3v) is 6.85. The van der Waals surface area contributed by atoms with Crippen LogP contribution in [-0.2, 0) is 9.59 Å². The van der Waals surface area contributed by atoms with Gasteiger partial charge < -0.3 is 4.90 Å². The second-order valence-corrected chi connectivity index (χ2v) is 8.67. The van der Waals surface area contributed by atoms with Gasteiger partial charge in [-0.05, 0) is 18.1 Å². The number of Topliss-reactive ketones (excluding diaryl/α,β-unsaturated/α-hetero) is 1. The van der Waals surface area contributed by atoms with Crippen LogP contribution in [0.25, 0.3) is 6.08 Å². The van der Waals surface area contributed by atoms with Gasteiger partial charge >= 0.3 is 0 Å². The van der Waals surface area contributed by atoms with Crippen molar-refractivity contribution in [2.45, 2.75) is 31.8 Å². The standard InChI is InChI=1S/C25H23N3O5/c1-2-3-13-26-24(30)20-19-12-11-15-7-4-5-10-18(15)27(19)22(21(20)25(26)31)23(29)16-8-6-9-17(14-16)28(32)33/h4-12,14,19-22H,2-3,13H2,1H3/t19-,20+,21+,22-/m1/s1. The molecule has 5 rings (SSSR count). The van der Waals surface area contributed by atoms with Gasteiger partial charge in [-0.2, -0.15) is 0 Å². The highest BCUT2D eigenvalue weighted by molar-refractivity contribution is 6.14. The zero-order valence-corrected chi connectivity index (χ0v) is 18.1. The predicted molar refractivity (Wildman–Crippen MR) is 122 cm³/mol. The van der Waals surface area contributed by atoms with Gasteiger partial charge in [0, 0.05) is 29.9 Å². The Labute approximate surface area is 190 Å². The summed E-state index contributed by atoms with van der Waals surface area (Å²) in [5.74, 6) is -2.46. The number of ketones is 1. The minimum absolute atomic E-state index is 0.160. The van der Waals surface area contributed by atoms with E-state index in [1.807, 2.05) is 48.2 Å². The number of benzene rings is 2. The third kappa shape index (κ3) is 3.16. The van der Waals surface area contributed by atoms with Crippen LogP contribution >= 0.6 is 0 Å². The molecule has 0 unspecified atom stereocenters. The Morgan fingerprint density at radius 1 is 1.06 bits per heavy atom. The molecule has 33 heavy (non-hydrogen) atoms. The number of likely N-dealkylation sites (tertiary alicyclic amines) is 1. The first kappa shape index (κ1) is 21.1. The highest BCUT2D eigenvalue weighted by Crippen LogP contribution is 2.49. The summed E-state index contributed by atoms with van der Waals surface area (Å²) < 4.78 is 0. The third-order valence-electron chi connectivity index (χ3n) is 6.85. The van der Waals surface area contributed by atoms with Crippen molar-refractivity contribution in [3.63, 3.8) is 0 Å². The van der Waals surface area contributed by atoms with E-state index < -0.39 is 28.8 Å². The maximum atomic E-state index is 13.8. The number of carbonyl (C=O) groups is 3. The van der Waals surface area contributed by atoms with E-state index in [4.69, 9.17) is 0 Å². The number of imide groups is 1. The Bertz CT molecular complexity index is 1210. The molecule has 0 N–H and O–H groups in total. The molecule has 0 saturated carbocycles. The lowest BCUT2D eigenvalue weighted by atomic mass is 9.86. The van der Waals surface area contributed by atoms with Crippen LogP contribution in [0, 0.1) is 22.0 Å². The number of para-hydroxylation sites is 1. The van der Waals surface area contributed by atoms with E-state index in [9.17, 15) is 24.5 Å². The first-order valence-corrected chi connectivity index (χ1v) is 11.1. The fourth-order valence-electron chi connectivity index (χ4n) is 5.36. The predicted octanol–water partition coefficient (Wildman–Crippen LogP) is 3.46. The SMILES string of the molecule is CCCCN1C(=O)[C@@H]2[C@H](C1=O)[C@H](C(=O)c1cccc([N+](=O)[O-])c1)N1c3ccccc3C=C[C@H]21. The summed E-state index contributed by atoms with van der Waals surface area (Å²) in [6, 6.07) is 11.8. The number of anilines is 1. The number of nitro benzene ring substituents is 1. The molecule has 3 aliphatic heterocycles. The van der Waals surface area contributed by atoms with Gasteiger partial charge in [-0.25, -0.2) is 0 Å². The minimum atomic E-state index is -0.920. The molecule has 8 nitrogen and oxygen atoms in total.